The lowest BCUT2D eigenvalue weighted by Crippen LogP contribution is -2.52. The fourth-order valence-electron chi connectivity index (χ4n) is 3.69. The monoisotopic (exact) mass is 429 g/mol. The van der Waals surface area contributed by atoms with Crippen LogP contribution < -0.4 is 10.2 Å². The average Bonchev–Trinajstić information content (AvgIpc) is 3.40. The minimum Gasteiger partial charge on any atom is -0.361 e. The molecule has 9 heteroatoms. The lowest BCUT2D eigenvalue weighted by atomic mass is 10.1. The second-order valence-electron chi connectivity index (χ2n) is 7.31. The SMILES string of the molecule is CCNC(=NCCc1c[nH]c2ccc(F)cc12)N1CCN(c2nc(CC)ns2)CC1. The molecule has 30 heavy (non-hydrogen) atoms. The van der Waals surface area contributed by atoms with Gasteiger partial charge in [0.15, 0.2) is 5.96 Å². The fraction of sp³-hybridized carbons (Fsp3) is 0.476. The van der Waals surface area contributed by atoms with Crippen molar-refractivity contribution in [3.8, 4) is 0 Å². The average molecular weight is 430 g/mol. The van der Waals surface area contributed by atoms with Gasteiger partial charge in [0.2, 0.25) is 5.13 Å². The maximum Gasteiger partial charge on any atom is 0.205 e. The van der Waals surface area contributed by atoms with Crippen LogP contribution in [0.15, 0.2) is 29.4 Å². The third-order valence-electron chi connectivity index (χ3n) is 5.33. The van der Waals surface area contributed by atoms with E-state index in [1.165, 1.54) is 17.6 Å². The first-order valence-corrected chi connectivity index (χ1v) is 11.3. The summed E-state index contributed by atoms with van der Waals surface area (Å²) in [6, 6.07) is 4.85. The molecule has 1 fully saturated rings. The van der Waals surface area contributed by atoms with Crippen molar-refractivity contribution in [2.24, 2.45) is 4.99 Å². The molecule has 0 aliphatic carbocycles. The van der Waals surface area contributed by atoms with Gasteiger partial charge in [0.1, 0.15) is 11.6 Å². The maximum absolute atomic E-state index is 13.6. The second-order valence-corrected chi connectivity index (χ2v) is 8.04. The van der Waals surface area contributed by atoms with Crippen LogP contribution in [-0.2, 0) is 12.8 Å². The van der Waals surface area contributed by atoms with Crippen LogP contribution in [0, 0.1) is 5.82 Å². The van der Waals surface area contributed by atoms with E-state index in [0.29, 0.717) is 6.54 Å². The summed E-state index contributed by atoms with van der Waals surface area (Å²) in [6.07, 6.45) is 3.59. The van der Waals surface area contributed by atoms with E-state index in [1.54, 1.807) is 12.1 Å². The number of fused-ring (bicyclic) bond motifs is 1. The molecular weight excluding hydrogens is 401 g/mol. The zero-order valence-electron chi connectivity index (χ0n) is 17.5. The number of aromatic nitrogens is 3. The number of guanidine groups is 1. The molecule has 3 heterocycles. The summed E-state index contributed by atoms with van der Waals surface area (Å²) in [6.45, 7) is 9.25. The molecule has 7 nitrogen and oxygen atoms in total. The zero-order valence-corrected chi connectivity index (χ0v) is 18.3. The molecule has 0 spiro atoms. The van der Waals surface area contributed by atoms with Crippen molar-refractivity contribution in [3.05, 3.63) is 41.6 Å². The van der Waals surface area contributed by atoms with Crippen LogP contribution in [0.2, 0.25) is 0 Å². The summed E-state index contributed by atoms with van der Waals surface area (Å²) in [5, 5.41) is 5.36. The summed E-state index contributed by atoms with van der Waals surface area (Å²) in [5.41, 5.74) is 2.05. The minimum absolute atomic E-state index is 0.209. The number of piperazine rings is 1. The topological polar surface area (TPSA) is 72.4 Å². The molecule has 0 atom stereocenters. The number of nitrogens with one attached hydrogen (secondary N) is 2. The van der Waals surface area contributed by atoms with E-state index in [2.05, 4.69) is 43.3 Å². The minimum atomic E-state index is -0.209. The van der Waals surface area contributed by atoms with E-state index in [4.69, 9.17) is 4.99 Å². The number of nitrogens with zero attached hydrogens (tertiary/aromatic N) is 5. The van der Waals surface area contributed by atoms with E-state index < -0.39 is 0 Å². The normalized spacial score (nSPS) is 15.2. The number of aromatic amines is 1. The molecule has 4 rings (SSSR count). The van der Waals surface area contributed by atoms with Crippen molar-refractivity contribution in [2.75, 3.05) is 44.2 Å². The Morgan fingerprint density at radius 2 is 2.10 bits per heavy atom. The van der Waals surface area contributed by atoms with Gasteiger partial charge in [0.05, 0.1) is 0 Å². The van der Waals surface area contributed by atoms with Gasteiger partial charge >= 0.3 is 0 Å². The van der Waals surface area contributed by atoms with Gasteiger partial charge in [0.25, 0.3) is 0 Å². The first-order chi connectivity index (χ1) is 14.7. The van der Waals surface area contributed by atoms with Crippen LogP contribution in [0.3, 0.4) is 0 Å². The van der Waals surface area contributed by atoms with Crippen molar-refractivity contribution in [3.63, 3.8) is 0 Å². The van der Waals surface area contributed by atoms with E-state index in [-0.39, 0.29) is 5.82 Å². The lowest BCUT2D eigenvalue weighted by Gasteiger charge is -2.36. The largest absolute Gasteiger partial charge is 0.361 e. The van der Waals surface area contributed by atoms with Crippen LogP contribution in [-0.4, -0.2) is 64.5 Å². The summed E-state index contributed by atoms with van der Waals surface area (Å²) in [7, 11) is 0. The highest BCUT2D eigenvalue weighted by Gasteiger charge is 2.22. The molecule has 0 radical (unpaired) electrons. The van der Waals surface area contributed by atoms with Crippen LogP contribution in [0.25, 0.3) is 10.9 Å². The fourth-order valence-corrected chi connectivity index (χ4v) is 4.49. The zero-order chi connectivity index (χ0) is 20.9. The molecule has 0 unspecified atom stereocenters. The number of aryl methyl sites for hydroxylation is 1. The number of anilines is 1. The lowest BCUT2D eigenvalue weighted by molar-refractivity contribution is 0.372. The Balaban J connectivity index is 1.37. The predicted molar refractivity (Wildman–Crippen MR) is 121 cm³/mol. The van der Waals surface area contributed by atoms with Crippen LogP contribution in [0.1, 0.15) is 25.2 Å². The highest BCUT2D eigenvalue weighted by atomic mass is 32.1. The Hall–Kier alpha value is -2.68. The number of benzene rings is 1. The molecular formula is C21H28FN7S. The van der Waals surface area contributed by atoms with E-state index in [9.17, 15) is 4.39 Å². The molecule has 1 aromatic carbocycles. The summed E-state index contributed by atoms with van der Waals surface area (Å²) >= 11 is 1.49. The van der Waals surface area contributed by atoms with Crippen molar-refractivity contribution in [1.82, 2.24) is 24.6 Å². The van der Waals surface area contributed by atoms with Crippen LogP contribution in [0.5, 0.6) is 0 Å². The molecule has 2 N–H and O–H groups in total. The molecule has 2 aromatic heterocycles. The number of hydrogen-bond donors (Lipinski definition) is 2. The second kappa shape index (κ2) is 9.42. The predicted octanol–water partition coefficient (Wildman–Crippen LogP) is 3.05. The van der Waals surface area contributed by atoms with E-state index in [1.807, 2.05) is 6.20 Å². The van der Waals surface area contributed by atoms with E-state index in [0.717, 1.165) is 78.9 Å². The standard InChI is InChI=1S/C21H28FN7S/c1-3-19-26-21(30-27-19)29-11-9-28(10-12-29)20(23-4-2)24-8-7-15-14-25-18-6-5-16(22)13-17(15)18/h5-6,13-14,25H,3-4,7-12H2,1-2H3,(H,23,24). The Kier molecular flexibility index (Phi) is 6.47. The van der Waals surface area contributed by atoms with Crippen molar-refractivity contribution < 1.29 is 4.39 Å². The number of hydrogen-bond acceptors (Lipinski definition) is 5. The Morgan fingerprint density at radius 3 is 2.83 bits per heavy atom. The summed E-state index contributed by atoms with van der Waals surface area (Å²) in [4.78, 5) is 17.3. The molecule has 160 valence electrons. The molecule has 1 aliphatic rings. The van der Waals surface area contributed by atoms with Gasteiger partial charge in [-0.3, -0.25) is 4.99 Å². The smallest absolute Gasteiger partial charge is 0.205 e. The molecule has 0 amide bonds. The highest BCUT2D eigenvalue weighted by Crippen LogP contribution is 2.21. The van der Waals surface area contributed by atoms with E-state index >= 15 is 0 Å². The van der Waals surface area contributed by atoms with Gasteiger partial charge in [0, 0.05) is 74.3 Å². The first-order valence-electron chi connectivity index (χ1n) is 10.5. The van der Waals surface area contributed by atoms with Crippen molar-refractivity contribution in [2.45, 2.75) is 26.7 Å². The van der Waals surface area contributed by atoms with Gasteiger partial charge in [-0.1, -0.05) is 6.92 Å². The quantitative estimate of drug-likeness (QED) is 0.465. The van der Waals surface area contributed by atoms with Gasteiger partial charge in [-0.25, -0.2) is 9.37 Å². The number of H-pyrrole nitrogens is 1. The molecule has 3 aromatic rings. The Bertz CT molecular complexity index is 1000. The number of rotatable bonds is 6. The van der Waals surface area contributed by atoms with Gasteiger partial charge in [-0.15, -0.1) is 0 Å². The number of aliphatic imine (C=N–C) groups is 1. The molecule has 0 saturated carbocycles. The van der Waals surface area contributed by atoms with Crippen molar-refractivity contribution in [1.29, 1.82) is 0 Å². The van der Waals surface area contributed by atoms with Gasteiger partial charge in [-0.05, 0) is 37.1 Å². The molecule has 0 bridgehead atoms. The van der Waals surface area contributed by atoms with Crippen molar-refractivity contribution >= 4 is 33.5 Å². The van der Waals surface area contributed by atoms with Gasteiger partial charge in [-0.2, -0.15) is 4.37 Å². The first kappa shape index (κ1) is 20.6. The van der Waals surface area contributed by atoms with Crippen LogP contribution in [0.4, 0.5) is 9.52 Å². The maximum atomic E-state index is 13.6. The molecule has 1 aliphatic heterocycles. The molecule has 1 saturated heterocycles. The Morgan fingerprint density at radius 1 is 1.27 bits per heavy atom. The Labute approximate surface area is 180 Å². The number of halogens is 1. The third kappa shape index (κ3) is 4.56. The summed E-state index contributed by atoms with van der Waals surface area (Å²) in [5.74, 6) is 1.65. The highest BCUT2D eigenvalue weighted by molar-refractivity contribution is 7.09. The van der Waals surface area contributed by atoms with Crippen LogP contribution >= 0.6 is 11.5 Å². The third-order valence-corrected chi connectivity index (χ3v) is 6.15. The summed E-state index contributed by atoms with van der Waals surface area (Å²) < 4.78 is 18.0. The van der Waals surface area contributed by atoms with Gasteiger partial charge < -0.3 is 20.1 Å².